The van der Waals surface area contributed by atoms with E-state index in [0.717, 1.165) is 29.7 Å². The second kappa shape index (κ2) is 8.24. The predicted molar refractivity (Wildman–Crippen MR) is 99.9 cm³/mol. The first kappa shape index (κ1) is 17.6. The molecule has 1 fully saturated rings. The second-order valence-corrected chi connectivity index (χ2v) is 6.47. The summed E-state index contributed by atoms with van der Waals surface area (Å²) in [6.07, 6.45) is 3.61. The number of morpholine rings is 1. The Labute approximate surface area is 157 Å². The van der Waals surface area contributed by atoms with Crippen LogP contribution in [0.3, 0.4) is 0 Å². The molecule has 1 aliphatic heterocycles. The SMILES string of the molecule is O=C(Cn1nc2ccccc2n1)NC[C@H](c1cccnc1)N1CCOCC1. The first-order valence-corrected chi connectivity index (χ1v) is 9.08. The number of benzene rings is 1. The monoisotopic (exact) mass is 366 g/mol. The van der Waals surface area contributed by atoms with Gasteiger partial charge in [0, 0.05) is 32.0 Å². The van der Waals surface area contributed by atoms with Gasteiger partial charge in [0.15, 0.2) is 0 Å². The zero-order chi connectivity index (χ0) is 18.5. The van der Waals surface area contributed by atoms with Gasteiger partial charge in [0.2, 0.25) is 5.91 Å². The lowest BCUT2D eigenvalue weighted by Crippen LogP contribution is -2.44. The first-order valence-electron chi connectivity index (χ1n) is 9.08. The second-order valence-electron chi connectivity index (χ2n) is 6.47. The number of ether oxygens (including phenoxy) is 1. The van der Waals surface area contributed by atoms with Gasteiger partial charge in [-0.1, -0.05) is 18.2 Å². The Kier molecular flexibility index (Phi) is 5.36. The van der Waals surface area contributed by atoms with Crippen LogP contribution >= 0.6 is 0 Å². The molecule has 0 unspecified atom stereocenters. The van der Waals surface area contributed by atoms with Gasteiger partial charge < -0.3 is 10.1 Å². The van der Waals surface area contributed by atoms with Crippen molar-refractivity contribution in [3.63, 3.8) is 0 Å². The number of rotatable bonds is 6. The molecule has 1 saturated heterocycles. The molecule has 2 aromatic heterocycles. The molecule has 1 atom stereocenters. The maximum Gasteiger partial charge on any atom is 0.243 e. The van der Waals surface area contributed by atoms with E-state index in [4.69, 9.17) is 4.74 Å². The van der Waals surface area contributed by atoms with Crippen LogP contribution in [0, 0.1) is 0 Å². The summed E-state index contributed by atoms with van der Waals surface area (Å²) in [6, 6.07) is 11.6. The van der Waals surface area contributed by atoms with E-state index in [1.807, 2.05) is 42.6 Å². The van der Waals surface area contributed by atoms with Crippen molar-refractivity contribution in [3.8, 4) is 0 Å². The molecule has 140 valence electrons. The smallest absolute Gasteiger partial charge is 0.243 e. The van der Waals surface area contributed by atoms with Crippen molar-refractivity contribution in [2.24, 2.45) is 0 Å². The number of pyridine rings is 1. The average molecular weight is 366 g/mol. The van der Waals surface area contributed by atoms with Gasteiger partial charge in [-0.25, -0.2) is 0 Å². The topological polar surface area (TPSA) is 85.2 Å². The van der Waals surface area contributed by atoms with E-state index in [9.17, 15) is 4.79 Å². The normalized spacial score (nSPS) is 16.3. The maximum absolute atomic E-state index is 12.4. The number of hydrogen-bond acceptors (Lipinski definition) is 6. The Hall–Kier alpha value is -2.84. The molecule has 27 heavy (non-hydrogen) atoms. The van der Waals surface area contributed by atoms with E-state index >= 15 is 0 Å². The molecule has 3 heterocycles. The van der Waals surface area contributed by atoms with Crippen molar-refractivity contribution in [2.75, 3.05) is 32.8 Å². The van der Waals surface area contributed by atoms with Crippen LogP contribution in [-0.2, 0) is 16.1 Å². The fourth-order valence-corrected chi connectivity index (χ4v) is 3.29. The number of amides is 1. The number of carbonyl (C=O) groups is 1. The van der Waals surface area contributed by atoms with Gasteiger partial charge in [-0.05, 0) is 23.8 Å². The van der Waals surface area contributed by atoms with Crippen LogP contribution in [0.2, 0.25) is 0 Å². The molecule has 1 amide bonds. The molecular formula is C19H22N6O2. The van der Waals surface area contributed by atoms with Gasteiger partial charge in [0.25, 0.3) is 0 Å². The Morgan fingerprint density at radius 2 is 1.85 bits per heavy atom. The lowest BCUT2D eigenvalue weighted by molar-refractivity contribution is -0.122. The number of nitrogens with zero attached hydrogens (tertiary/aromatic N) is 5. The molecule has 1 aromatic carbocycles. The fraction of sp³-hybridized carbons (Fsp3) is 0.368. The minimum absolute atomic E-state index is 0.0659. The average Bonchev–Trinajstić information content (AvgIpc) is 3.12. The molecule has 0 bridgehead atoms. The van der Waals surface area contributed by atoms with Crippen LogP contribution < -0.4 is 5.32 Å². The summed E-state index contributed by atoms with van der Waals surface area (Å²) in [7, 11) is 0. The minimum atomic E-state index is -0.113. The van der Waals surface area contributed by atoms with Crippen LogP contribution in [0.1, 0.15) is 11.6 Å². The molecule has 1 aliphatic rings. The number of nitrogens with one attached hydrogen (secondary N) is 1. The highest BCUT2D eigenvalue weighted by Gasteiger charge is 2.23. The van der Waals surface area contributed by atoms with Crippen molar-refractivity contribution in [1.82, 2.24) is 30.2 Å². The Balaban J connectivity index is 1.41. The molecule has 8 heteroatoms. The Morgan fingerprint density at radius 1 is 1.11 bits per heavy atom. The van der Waals surface area contributed by atoms with E-state index in [1.165, 1.54) is 4.80 Å². The molecule has 1 N–H and O–H groups in total. The van der Waals surface area contributed by atoms with Crippen LogP contribution in [0.15, 0.2) is 48.8 Å². The molecule has 0 spiro atoms. The van der Waals surface area contributed by atoms with E-state index in [-0.39, 0.29) is 18.5 Å². The Morgan fingerprint density at radius 3 is 2.52 bits per heavy atom. The van der Waals surface area contributed by atoms with Crippen molar-refractivity contribution >= 4 is 16.9 Å². The van der Waals surface area contributed by atoms with E-state index in [2.05, 4.69) is 25.4 Å². The quantitative estimate of drug-likeness (QED) is 0.701. The highest BCUT2D eigenvalue weighted by Crippen LogP contribution is 2.20. The summed E-state index contributed by atoms with van der Waals surface area (Å²) in [5, 5.41) is 11.7. The van der Waals surface area contributed by atoms with E-state index in [1.54, 1.807) is 6.20 Å². The van der Waals surface area contributed by atoms with Gasteiger partial charge in [-0.2, -0.15) is 15.0 Å². The van der Waals surface area contributed by atoms with E-state index < -0.39 is 0 Å². The predicted octanol–water partition coefficient (Wildman–Crippen LogP) is 1.02. The zero-order valence-electron chi connectivity index (χ0n) is 15.0. The molecule has 3 aromatic rings. The summed E-state index contributed by atoms with van der Waals surface area (Å²) in [4.78, 5) is 20.4. The van der Waals surface area contributed by atoms with Crippen molar-refractivity contribution in [1.29, 1.82) is 0 Å². The summed E-state index contributed by atoms with van der Waals surface area (Å²) >= 11 is 0. The summed E-state index contributed by atoms with van der Waals surface area (Å²) in [5.74, 6) is -0.113. The van der Waals surface area contributed by atoms with Crippen LogP contribution in [-0.4, -0.2) is 63.6 Å². The summed E-state index contributed by atoms with van der Waals surface area (Å²) in [6.45, 7) is 3.68. The third-order valence-corrected chi connectivity index (χ3v) is 4.66. The van der Waals surface area contributed by atoms with Crippen LogP contribution in [0.25, 0.3) is 11.0 Å². The first-order chi connectivity index (χ1) is 13.3. The molecule has 8 nitrogen and oxygen atoms in total. The lowest BCUT2D eigenvalue weighted by atomic mass is 10.1. The molecule has 0 saturated carbocycles. The molecule has 0 aliphatic carbocycles. The van der Waals surface area contributed by atoms with Gasteiger partial charge in [-0.3, -0.25) is 14.7 Å². The fourth-order valence-electron chi connectivity index (χ4n) is 3.29. The van der Waals surface area contributed by atoms with E-state index in [0.29, 0.717) is 19.8 Å². The largest absolute Gasteiger partial charge is 0.379 e. The van der Waals surface area contributed by atoms with Gasteiger partial charge in [0.05, 0.1) is 19.3 Å². The van der Waals surface area contributed by atoms with Crippen molar-refractivity contribution in [3.05, 3.63) is 54.4 Å². The highest BCUT2D eigenvalue weighted by atomic mass is 16.5. The molecule has 0 radical (unpaired) electrons. The summed E-state index contributed by atoms with van der Waals surface area (Å²) < 4.78 is 5.45. The number of hydrogen-bond donors (Lipinski definition) is 1. The zero-order valence-corrected chi connectivity index (χ0v) is 15.0. The number of carbonyl (C=O) groups excluding carboxylic acids is 1. The number of fused-ring (bicyclic) bond motifs is 1. The van der Waals surface area contributed by atoms with Gasteiger partial charge >= 0.3 is 0 Å². The summed E-state index contributed by atoms with van der Waals surface area (Å²) in [5.41, 5.74) is 2.65. The minimum Gasteiger partial charge on any atom is -0.379 e. The maximum atomic E-state index is 12.4. The molecular weight excluding hydrogens is 344 g/mol. The lowest BCUT2D eigenvalue weighted by Gasteiger charge is -2.34. The Bertz CT molecular complexity index is 858. The van der Waals surface area contributed by atoms with Gasteiger partial charge in [-0.15, -0.1) is 0 Å². The third kappa shape index (κ3) is 4.29. The highest BCUT2D eigenvalue weighted by molar-refractivity contribution is 5.77. The number of aromatic nitrogens is 4. The van der Waals surface area contributed by atoms with Crippen molar-refractivity contribution < 1.29 is 9.53 Å². The third-order valence-electron chi connectivity index (χ3n) is 4.66. The van der Waals surface area contributed by atoms with Crippen LogP contribution in [0.5, 0.6) is 0 Å². The molecule has 4 rings (SSSR count). The van der Waals surface area contributed by atoms with Gasteiger partial charge in [0.1, 0.15) is 17.6 Å². The standard InChI is InChI=1S/C19H22N6O2/c26-19(14-25-22-16-5-1-2-6-17(16)23-25)21-13-18(15-4-3-7-20-12-15)24-8-10-27-11-9-24/h1-7,12,18H,8-11,13-14H2,(H,21,26)/t18-/m1/s1. The van der Waals surface area contributed by atoms with Crippen molar-refractivity contribution in [2.45, 2.75) is 12.6 Å². The van der Waals surface area contributed by atoms with Crippen LogP contribution in [0.4, 0.5) is 0 Å².